The van der Waals surface area contributed by atoms with Crippen molar-refractivity contribution in [3.63, 3.8) is 0 Å². The Bertz CT molecular complexity index is 1390. The van der Waals surface area contributed by atoms with E-state index < -0.39 is 0 Å². The lowest BCUT2D eigenvalue weighted by Crippen LogP contribution is -2.27. The first-order valence-electron chi connectivity index (χ1n) is 11.6. The highest BCUT2D eigenvalue weighted by atomic mass is 32.2. The van der Waals surface area contributed by atoms with E-state index in [0.29, 0.717) is 39.3 Å². The van der Waals surface area contributed by atoms with E-state index in [1.165, 1.54) is 16.2 Å². The monoisotopic (exact) mass is 506 g/mol. The number of thioether (sulfide) groups is 1. The van der Waals surface area contributed by atoms with Gasteiger partial charge in [0.25, 0.3) is 11.5 Å². The Morgan fingerprint density at radius 3 is 2.69 bits per heavy atom. The topological polar surface area (TPSA) is 75.9 Å². The molecule has 5 rings (SSSR count). The van der Waals surface area contributed by atoms with Gasteiger partial charge >= 0.3 is 0 Å². The molecule has 0 radical (unpaired) electrons. The molecule has 0 bridgehead atoms. The van der Waals surface area contributed by atoms with Crippen molar-refractivity contribution in [2.45, 2.75) is 39.3 Å². The van der Waals surface area contributed by atoms with Gasteiger partial charge in [-0.05, 0) is 50.0 Å². The van der Waals surface area contributed by atoms with Gasteiger partial charge < -0.3 is 10.1 Å². The van der Waals surface area contributed by atoms with Crippen molar-refractivity contribution in [3.05, 3.63) is 80.1 Å². The highest BCUT2D eigenvalue weighted by Crippen LogP contribution is 2.34. The molecule has 1 amide bonds. The highest BCUT2D eigenvalue weighted by molar-refractivity contribution is 8.26. The maximum absolute atomic E-state index is 13.5. The quantitative estimate of drug-likeness (QED) is 0.395. The number of thiocarbonyl (C=S) groups is 1. The number of rotatable bonds is 6. The molecular weight excluding hydrogens is 480 g/mol. The molecule has 3 aromatic rings. The predicted molar refractivity (Wildman–Crippen MR) is 144 cm³/mol. The summed E-state index contributed by atoms with van der Waals surface area (Å²) in [7, 11) is 0. The summed E-state index contributed by atoms with van der Waals surface area (Å²) in [5.74, 6) is 0.234. The maximum Gasteiger partial charge on any atom is 0.267 e. The summed E-state index contributed by atoms with van der Waals surface area (Å²) in [5, 5.41) is 3.30. The Balaban J connectivity index is 1.50. The average molecular weight is 507 g/mol. The number of aromatic nitrogens is 2. The van der Waals surface area contributed by atoms with Crippen molar-refractivity contribution < 1.29 is 9.53 Å². The van der Waals surface area contributed by atoms with E-state index in [-0.39, 0.29) is 17.6 Å². The Hall–Kier alpha value is -3.01. The molecule has 2 saturated heterocycles. The van der Waals surface area contributed by atoms with Gasteiger partial charge in [-0.1, -0.05) is 59.9 Å². The normalized spacial score (nSPS) is 19.3. The van der Waals surface area contributed by atoms with Crippen LogP contribution in [0.4, 0.5) is 5.82 Å². The smallest absolute Gasteiger partial charge is 0.267 e. The van der Waals surface area contributed by atoms with Crippen LogP contribution in [0.3, 0.4) is 0 Å². The molecule has 2 aliphatic rings. The van der Waals surface area contributed by atoms with Gasteiger partial charge in [0.2, 0.25) is 0 Å². The first kappa shape index (κ1) is 23.7. The minimum Gasteiger partial charge on any atom is -0.376 e. The Labute approximate surface area is 213 Å². The van der Waals surface area contributed by atoms with E-state index >= 15 is 0 Å². The molecule has 1 atom stereocenters. The number of nitrogens with one attached hydrogen (secondary N) is 1. The minimum absolute atomic E-state index is 0.0776. The number of anilines is 1. The van der Waals surface area contributed by atoms with E-state index in [2.05, 4.69) is 5.32 Å². The molecule has 1 aromatic carbocycles. The fourth-order valence-electron chi connectivity index (χ4n) is 4.18. The van der Waals surface area contributed by atoms with Crippen LogP contribution in [0.1, 0.15) is 35.1 Å². The lowest BCUT2D eigenvalue weighted by atomic mass is 10.1. The molecule has 4 heterocycles. The van der Waals surface area contributed by atoms with Crippen molar-refractivity contribution in [1.29, 1.82) is 0 Å². The van der Waals surface area contributed by atoms with E-state index in [9.17, 15) is 9.59 Å². The minimum atomic E-state index is -0.239. The van der Waals surface area contributed by atoms with Crippen LogP contribution in [-0.4, -0.2) is 43.8 Å². The van der Waals surface area contributed by atoms with Crippen LogP contribution in [-0.2, 0) is 16.1 Å². The number of hydrogen-bond donors (Lipinski definition) is 1. The van der Waals surface area contributed by atoms with Crippen molar-refractivity contribution in [2.75, 3.05) is 18.5 Å². The van der Waals surface area contributed by atoms with Crippen LogP contribution in [0, 0.1) is 13.8 Å². The summed E-state index contributed by atoms with van der Waals surface area (Å²) in [6, 6.07) is 11.7. The SMILES string of the molecule is Cc1ccc(CN2C(=O)/C(=C/c3c(NC[C@H]4CCCO4)nc4ccc(C)cn4c3=O)SC2=S)cc1. The van der Waals surface area contributed by atoms with Crippen LogP contribution in [0.2, 0.25) is 0 Å². The van der Waals surface area contributed by atoms with Gasteiger partial charge in [0.05, 0.1) is 23.1 Å². The van der Waals surface area contributed by atoms with Crippen LogP contribution in [0.25, 0.3) is 11.7 Å². The Morgan fingerprint density at radius 2 is 1.94 bits per heavy atom. The zero-order chi connectivity index (χ0) is 24.5. The van der Waals surface area contributed by atoms with Gasteiger partial charge in [-0.25, -0.2) is 4.98 Å². The number of fused-ring (bicyclic) bond motifs is 1. The van der Waals surface area contributed by atoms with Crippen molar-refractivity contribution in [2.24, 2.45) is 0 Å². The number of hydrogen-bond acceptors (Lipinski definition) is 7. The zero-order valence-electron chi connectivity index (χ0n) is 19.6. The third-order valence-electron chi connectivity index (χ3n) is 6.14. The average Bonchev–Trinajstić information content (AvgIpc) is 3.45. The number of carbonyl (C=O) groups excluding carboxylic acids is 1. The second kappa shape index (κ2) is 9.93. The van der Waals surface area contributed by atoms with Gasteiger partial charge in [-0.15, -0.1) is 0 Å². The molecule has 2 aromatic heterocycles. The number of pyridine rings is 1. The van der Waals surface area contributed by atoms with Gasteiger partial charge in [-0.3, -0.25) is 18.9 Å². The predicted octanol–water partition coefficient (Wildman–Crippen LogP) is 4.30. The Kier molecular flexibility index (Phi) is 6.73. The summed E-state index contributed by atoms with van der Waals surface area (Å²) >= 11 is 6.72. The second-order valence-electron chi connectivity index (χ2n) is 8.88. The number of nitrogens with zero attached hydrogens (tertiary/aromatic N) is 3. The summed E-state index contributed by atoms with van der Waals surface area (Å²) in [6.45, 7) is 5.62. The molecule has 2 fully saturated rings. The number of benzene rings is 1. The molecule has 7 nitrogen and oxygen atoms in total. The third kappa shape index (κ3) is 5.03. The van der Waals surface area contributed by atoms with Gasteiger partial charge in [0.15, 0.2) is 0 Å². The van der Waals surface area contributed by atoms with Gasteiger partial charge in [0, 0.05) is 19.3 Å². The molecule has 1 N–H and O–H groups in total. The first-order chi connectivity index (χ1) is 16.9. The van der Waals surface area contributed by atoms with Crippen molar-refractivity contribution in [3.8, 4) is 0 Å². The second-order valence-corrected chi connectivity index (χ2v) is 10.6. The maximum atomic E-state index is 13.5. The van der Waals surface area contributed by atoms with Crippen LogP contribution in [0.5, 0.6) is 0 Å². The van der Waals surface area contributed by atoms with E-state index in [1.807, 2.05) is 50.2 Å². The molecule has 2 aliphatic heterocycles. The highest BCUT2D eigenvalue weighted by Gasteiger charge is 2.32. The first-order valence-corrected chi connectivity index (χ1v) is 12.8. The molecule has 0 saturated carbocycles. The van der Waals surface area contributed by atoms with E-state index in [1.54, 1.807) is 17.2 Å². The number of aryl methyl sites for hydroxylation is 2. The molecule has 9 heteroatoms. The standard InChI is InChI=1S/C26H26N4O3S2/c1-16-5-8-18(9-6-16)15-30-25(32)21(35-26(30)34)12-20-23(27-13-19-4-3-11-33-19)28-22-10-7-17(2)14-29(22)24(20)31/h5-10,12,14,19,27H,3-4,11,13,15H2,1-2H3/b21-12-/t19-/m1/s1. The van der Waals surface area contributed by atoms with E-state index in [4.69, 9.17) is 21.9 Å². The van der Waals surface area contributed by atoms with Crippen LogP contribution >= 0.6 is 24.0 Å². The molecule has 180 valence electrons. The summed E-state index contributed by atoms with van der Waals surface area (Å²) in [4.78, 5) is 33.5. The molecule has 0 aliphatic carbocycles. The van der Waals surface area contributed by atoms with E-state index in [0.717, 1.165) is 36.1 Å². The summed E-state index contributed by atoms with van der Waals surface area (Å²) < 4.78 is 7.71. The molecule has 0 unspecified atom stereocenters. The largest absolute Gasteiger partial charge is 0.376 e. The Morgan fingerprint density at radius 1 is 1.17 bits per heavy atom. The lowest BCUT2D eigenvalue weighted by Gasteiger charge is -2.15. The van der Waals surface area contributed by atoms with Gasteiger partial charge in [-0.2, -0.15) is 0 Å². The molecule has 0 spiro atoms. The number of carbonyl (C=O) groups is 1. The molecule has 35 heavy (non-hydrogen) atoms. The van der Waals surface area contributed by atoms with Crippen molar-refractivity contribution >= 4 is 51.7 Å². The fraction of sp³-hybridized carbons (Fsp3) is 0.308. The number of ether oxygens (including phenoxy) is 1. The van der Waals surface area contributed by atoms with Gasteiger partial charge in [0.1, 0.15) is 15.8 Å². The fourth-order valence-corrected chi connectivity index (χ4v) is 5.42. The van der Waals surface area contributed by atoms with Crippen LogP contribution in [0.15, 0.2) is 52.3 Å². The zero-order valence-corrected chi connectivity index (χ0v) is 21.2. The lowest BCUT2D eigenvalue weighted by molar-refractivity contribution is -0.122. The summed E-state index contributed by atoms with van der Waals surface area (Å²) in [6.07, 6.45) is 5.45. The van der Waals surface area contributed by atoms with Crippen LogP contribution < -0.4 is 10.9 Å². The molecular formula is C26H26N4O3S2. The summed E-state index contributed by atoms with van der Waals surface area (Å²) in [5.41, 5.74) is 3.73. The third-order valence-corrected chi connectivity index (χ3v) is 7.51. The number of amides is 1. The van der Waals surface area contributed by atoms with Crippen molar-refractivity contribution in [1.82, 2.24) is 14.3 Å².